The summed E-state index contributed by atoms with van der Waals surface area (Å²) in [6.45, 7) is 6.02. The lowest BCUT2D eigenvalue weighted by Gasteiger charge is -2.14. The van der Waals surface area contributed by atoms with Gasteiger partial charge >= 0.3 is 0 Å². The second-order valence-corrected chi connectivity index (χ2v) is 9.59. The van der Waals surface area contributed by atoms with Crippen LogP contribution in [-0.4, -0.2) is 14.4 Å². The number of pyridine rings is 1. The minimum absolute atomic E-state index is 0. The van der Waals surface area contributed by atoms with E-state index in [0.717, 1.165) is 11.1 Å². The van der Waals surface area contributed by atoms with Crippen LogP contribution in [0.15, 0.2) is 70.8 Å². The van der Waals surface area contributed by atoms with Gasteiger partial charge in [-0.25, -0.2) is 13.4 Å². The first-order valence-electron chi connectivity index (χ1n) is 10.7. The number of nitrogens with zero attached hydrogens (tertiary/aromatic N) is 4. The average Bonchev–Trinajstić information content (AvgIpc) is 2.79. The van der Waals surface area contributed by atoms with E-state index in [1.807, 2.05) is 25.2 Å². The van der Waals surface area contributed by atoms with E-state index in [1.54, 1.807) is 67.2 Å². The Morgan fingerprint density at radius 2 is 1.58 bits per heavy atom. The molecule has 2 aromatic carbocycles. The Morgan fingerprint density at radius 1 is 0.972 bits per heavy atom. The van der Waals surface area contributed by atoms with E-state index in [4.69, 9.17) is 10.5 Å². The monoisotopic (exact) mass is 524 g/mol. The van der Waals surface area contributed by atoms with Crippen molar-refractivity contribution in [3.05, 3.63) is 83.2 Å². The number of halogens is 1. The van der Waals surface area contributed by atoms with E-state index >= 15 is 0 Å². The van der Waals surface area contributed by atoms with Crippen molar-refractivity contribution in [1.29, 1.82) is 10.5 Å². The second-order valence-electron chi connectivity index (χ2n) is 7.97. The number of aryl methyl sites for hydroxylation is 3. The third-order valence-corrected chi connectivity index (χ3v) is 6.77. The Bertz CT molecular complexity index is 1400. The lowest BCUT2D eigenvalue weighted by Crippen LogP contribution is -2.32. The van der Waals surface area contributed by atoms with Crippen molar-refractivity contribution in [2.45, 2.75) is 38.8 Å². The number of hydrogen-bond donors (Lipinski definition) is 3. The maximum Gasteiger partial charge on any atom is 0.262 e. The molecule has 36 heavy (non-hydrogen) atoms. The number of aromatic nitrogens is 1. The summed E-state index contributed by atoms with van der Waals surface area (Å²) in [6, 6.07) is 16.2. The summed E-state index contributed by atoms with van der Waals surface area (Å²) >= 11 is 0. The predicted octanol–water partition coefficient (Wildman–Crippen LogP) is 3.68. The number of nitriles is 2. The highest BCUT2D eigenvalue weighted by atomic mass is 35.5. The van der Waals surface area contributed by atoms with Crippen LogP contribution in [0, 0.1) is 43.6 Å². The van der Waals surface area contributed by atoms with Gasteiger partial charge in [0.15, 0.2) is 18.6 Å². The molecule has 3 rings (SSSR count). The van der Waals surface area contributed by atoms with Gasteiger partial charge in [0.2, 0.25) is 12.5 Å². The van der Waals surface area contributed by atoms with Crippen LogP contribution in [0.25, 0.3) is 0 Å². The lowest BCUT2D eigenvalue weighted by atomic mass is 10.1. The zero-order valence-electron chi connectivity index (χ0n) is 20.1. The van der Waals surface area contributed by atoms with Crippen molar-refractivity contribution in [3.8, 4) is 12.3 Å². The number of sulfonamides is 1. The summed E-state index contributed by atoms with van der Waals surface area (Å²) in [6.07, 6.45) is 5.34. The van der Waals surface area contributed by atoms with Crippen molar-refractivity contribution < 1.29 is 13.0 Å². The first-order chi connectivity index (χ1) is 16.7. The molecule has 0 spiro atoms. The molecule has 1 aromatic heterocycles. The number of aliphatic imine (C=N–C) groups is 1. The standard InChI is InChI=1S/C25H25N7O2S.ClH/c1-18-14-19(2)24(20(3)15-18)35(33,34)31-23-6-4-21(5-7-23)16-28-25(29-17-27)30-22-8-11-32(12-9-22)13-10-26;/h4-9,11-12,14-15,31H,13,16H2,1-3H3,(H,28,29);1H/p+1. The third kappa shape index (κ3) is 7.44. The summed E-state index contributed by atoms with van der Waals surface area (Å²) in [4.78, 5) is 4.68. The van der Waals surface area contributed by atoms with E-state index in [9.17, 15) is 8.42 Å². The van der Waals surface area contributed by atoms with Crippen LogP contribution in [0.5, 0.6) is 0 Å². The van der Waals surface area contributed by atoms with E-state index < -0.39 is 10.0 Å². The minimum atomic E-state index is -3.73. The fourth-order valence-corrected chi connectivity index (χ4v) is 5.19. The van der Waals surface area contributed by atoms with Crippen LogP contribution < -0.4 is 19.9 Å². The second kappa shape index (κ2) is 12.5. The molecular weight excluding hydrogens is 498 g/mol. The molecule has 3 aromatic rings. The zero-order valence-corrected chi connectivity index (χ0v) is 21.7. The van der Waals surface area contributed by atoms with Crippen molar-refractivity contribution >= 4 is 39.8 Å². The minimum Gasteiger partial charge on any atom is -0.325 e. The fraction of sp³-hybridized carbons (Fsp3) is 0.200. The molecule has 0 aliphatic rings. The Labute approximate surface area is 217 Å². The van der Waals surface area contributed by atoms with E-state index in [2.05, 4.69) is 26.4 Å². The molecule has 0 bridgehead atoms. The number of rotatable bonds is 7. The summed E-state index contributed by atoms with van der Waals surface area (Å²) in [7, 11) is -3.73. The normalized spacial score (nSPS) is 11.0. The van der Waals surface area contributed by atoms with Crippen molar-refractivity contribution in [3.63, 3.8) is 0 Å². The molecule has 0 radical (unpaired) electrons. The maximum absolute atomic E-state index is 13.0. The van der Waals surface area contributed by atoms with Gasteiger partial charge in [-0.05, 0) is 49.6 Å². The van der Waals surface area contributed by atoms with E-state index in [-0.39, 0.29) is 36.4 Å². The molecule has 0 aliphatic carbocycles. The van der Waals surface area contributed by atoms with Crippen LogP contribution >= 0.6 is 12.4 Å². The largest absolute Gasteiger partial charge is 0.325 e. The van der Waals surface area contributed by atoms with Crippen LogP contribution in [0.4, 0.5) is 11.4 Å². The molecule has 0 fully saturated rings. The highest BCUT2D eigenvalue weighted by Gasteiger charge is 2.20. The molecule has 0 atom stereocenters. The zero-order chi connectivity index (χ0) is 25.4. The SMILES string of the molecule is Cc1cc(C)c(S(=O)(=O)Nc2ccc(CN=C(NC#N)Nc3cc[n+](CC#N)cc3)cc2)c(C)c1.Cl. The smallest absolute Gasteiger partial charge is 0.262 e. The highest BCUT2D eigenvalue weighted by molar-refractivity contribution is 7.92. The molecule has 0 saturated heterocycles. The van der Waals surface area contributed by atoms with Gasteiger partial charge in [0.25, 0.3) is 10.0 Å². The van der Waals surface area contributed by atoms with Gasteiger partial charge in [-0.3, -0.25) is 10.0 Å². The van der Waals surface area contributed by atoms with E-state index in [0.29, 0.717) is 22.5 Å². The van der Waals surface area contributed by atoms with Gasteiger partial charge in [0, 0.05) is 17.8 Å². The maximum atomic E-state index is 13.0. The highest BCUT2D eigenvalue weighted by Crippen LogP contribution is 2.24. The van der Waals surface area contributed by atoms with Crippen LogP contribution in [0.1, 0.15) is 22.3 Å². The molecule has 0 aliphatic heterocycles. The molecule has 1 heterocycles. The summed E-state index contributed by atoms with van der Waals surface area (Å²) in [5.41, 5.74) is 4.38. The van der Waals surface area contributed by atoms with Crippen molar-refractivity contribution in [2.75, 3.05) is 10.0 Å². The quantitative estimate of drug-likeness (QED) is 0.142. The number of guanidine groups is 1. The van der Waals surface area contributed by atoms with Crippen molar-refractivity contribution in [1.82, 2.24) is 5.32 Å². The number of nitrogens with one attached hydrogen (secondary N) is 3. The first kappa shape index (κ1) is 28.1. The van der Waals surface area contributed by atoms with Gasteiger partial charge in [0.1, 0.15) is 6.07 Å². The van der Waals surface area contributed by atoms with Crippen LogP contribution in [0.2, 0.25) is 0 Å². The molecule has 0 amide bonds. The Hall–Kier alpha value is -4.12. The van der Waals surface area contributed by atoms with Gasteiger partial charge < -0.3 is 5.32 Å². The average molecular weight is 525 g/mol. The fourth-order valence-electron chi connectivity index (χ4n) is 3.67. The number of anilines is 2. The van der Waals surface area contributed by atoms with Gasteiger partial charge in [-0.15, -0.1) is 12.4 Å². The predicted molar refractivity (Wildman–Crippen MR) is 141 cm³/mol. The molecule has 9 nitrogen and oxygen atoms in total. The summed E-state index contributed by atoms with van der Waals surface area (Å²) < 4.78 is 30.3. The lowest BCUT2D eigenvalue weighted by molar-refractivity contribution is -0.685. The number of hydrogen-bond acceptors (Lipinski definition) is 5. The first-order valence-corrected chi connectivity index (χ1v) is 12.2. The molecule has 0 unspecified atom stereocenters. The Balaban J connectivity index is 0.00000456. The summed E-state index contributed by atoms with van der Waals surface area (Å²) in [5, 5.41) is 23.3. The molecule has 3 N–H and O–H groups in total. The van der Waals surface area contributed by atoms with Crippen LogP contribution in [0.3, 0.4) is 0 Å². The molecule has 0 saturated carbocycles. The third-order valence-electron chi connectivity index (χ3n) is 5.08. The topological polar surface area (TPSA) is 134 Å². The molecule has 11 heteroatoms. The van der Waals surface area contributed by atoms with Gasteiger partial charge in [-0.1, -0.05) is 29.8 Å². The Kier molecular flexibility index (Phi) is 9.80. The van der Waals surface area contributed by atoms with E-state index in [1.165, 1.54) is 0 Å². The van der Waals surface area contributed by atoms with Crippen LogP contribution in [-0.2, 0) is 23.1 Å². The number of benzene rings is 2. The van der Waals surface area contributed by atoms with Gasteiger partial charge in [-0.2, -0.15) is 15.1 Å². The summed E-state index contributed by atoms with van der Waals surface area (Å²) in [5.74, 6) is 0.264. The molecular formula is C25H27ClN7O2S+. The van der Waals surface area contributed by atoms with Crippen molar-refractivity contribution in [2.24, 2.45) is 4.99 Å². The molecule has 186 valence electrons. The Morgan fingerprint density at radius 3 is 2.14 bits per heavy atom. The van der Waals surface area contributed by atoms with Gasteiger partial charge in [0.05, 0.1) is 17.1 Å².